The lowest BCUT2D eigenvalue weighted by molar-refractivity contribution is 0.122. The first-order chi connectivity index (χ1) is 8.65. The van der Waals surface area contributed by atoms with E-state index in [1.54, 1.807) is 0 Å². The zero-order valence-electron chi connectivity index (χ0n) is 11.1. The molecule has 0 fully saturated rings. The molecule has 1 aromatic rings. The zero-order chi connectivity index (χ0) is 13.4. The monoisotopic (exact) mass is 266 g/mol. The molecule has 4 heteroatoms. The van der Waals surface area contributed by atoms with Crippen LogP contribution in [0.2, 0.25) is 0 Å². The third-order valence-corrected chi connectivity index (χ3v) is 3.15. The molecule has 0 saturated carbocycles. The van der Waals surface area contributed by atoms with Gasteiger partial charge in [0.2, 0.25) is 0 Å². The van der Waals surface area contributed by atoms with Crippen LogP contribution in [0.15, 0.2) is 30.3 Å². The van der Waals surface area contributed by atoms with E-state index in [2.05, 4.69) is 24.1 Å². The summed E-state index contributed by atoms with van der Waals surface area (Å²) in [6, 6.07) is 10.2. The van der Waals surface area contributed by atoms with Gasteiger partial charge in [-0.25, -0.2) is 0 Å². The van der Waals surface area contributed by atoms with Gasteiger partial charge in [0.1, 0.15) is 0 Å². The Morgan fingerprint density at radius 2 is 2.06 bits per heavy atom. The van der Waals surface area contributed by atoms with Crippen LogP contribution >= 0.6 is 12.2 Å². The predicted octanol–water partition coefficient (Wildman–Crippen LogP) is 2.02. The second-order valence-corrected chi connectivity index (χ2v) is 4.80. The summed E-state index contributed by atoms with van der Waals surface area (Å²) >= 11 is 5.17. The normalized spacial score (nSPS) is 12.6. The van der Waals surface area contributed by atoms with Crippen LogP contribution in [0.3, 0.4) is 0 Å². The third-order valence-electron chi connectivity index (χ3n) is 2.86. The number of ether oxygens (including phenoxy) is 1. The fourth-order valence-corrected chi connectivity index (χ4v) is 2.02. The van der Waals surface area contributed by atoms with Gasteiger partial charge in [0.15, 0.2) is 0 Å². The minimum absolute atomic E-state index is 0.104. The van der Waals surface area contributed by atoms with Crippen molar-refractivity contribution in [2.45, 2.75) is 12.8 Å². The first-order valence-electron chi connectivity index (χ1n) is 6.25. The molecule has 2 N–H and O–H groups in total. The molecule has 3 nitrogen and oxygen atoms in total. The smallest absolute Gasteiger partial charge is 0.0816 e. The Hall–Kier alpha value is -0.970. The average Bonchev–Trinajstić information content (AvgIpc) is 2.37. The molecule has 0 aromatic heterocycles. The first-order valence-corrected chi connectivity index (χ1v) is 6.66. The van der Waals surface area contributed by atoms with Crippen LogP contribution in [-0.2, 0) is 4.74 Å². The highest BCUT2D eigenvalue weighted by Gasteiger charge is 2.16. The van der Waals surface area contributed by atoms with Crippen molar-refractivity contribution in [3.8, 4) is 0 Å². The van der Waals surface area contributed by atoms with Crippen molar-refractivity contribution >= 4 is 17.2 Å². The lowest BCUT2D eigenvalue weighted by Gasteiger charge is -2.23. The summed E-state index contributed by atoms with van der Waals surface area (Å²) in [5, 5.41) is 0. The van der Waals surface area contributed by atoms with Gasteiger partial charge in [-0.15, -0.1) is 0 Å². The van der Waals surface area contributed by atoms with Crippen molar-refractivity contribution in [2.75, 3.05) is 33.4 Å². The summed E-state index contributed by atoms with van der Waals surface area (Å²) in [5.74, 6) is 0.104. The van der Waals surface area contributed by atoms with Gasteiger partial charge in [-0.3, -0.25) is 0 Å². The van der Waals surface area contributed by atoms with E-state index in [4.69, 9.17) is 22.7 Å². The van der Waals surface area contributed by atoms with Crippen LogP contribution in [0.1, 0.15) is 18.4 Å². The van der Waals surface area contributed by atoms with Gasteiger partial charge < -0.3 is 15.4 Å². The lowest BCUT2D eigenvalue weighted by atomic mass is 9.99. The molecule has 0 heterocycles. The van der Waals surface area contributed by atoms with E-state index < -0.39 is 0 Å². The highest BCUT2D eigenvalue weighted by molar-refractivity contribution is 7.80. The van der Waals surface area contributed by atoms with Gasteiger partial charge in [0.25, 0.3) is 0 Å². The standard InChI is InChI=1S/C14H22N2OS/c1-3-17-10-9-16(2)11-13(14(15)18)12-7-5-4-6-8-12/h4-8,13H,3,9-11H2,1-2H3,(H2,15,18). The van der Waals surface area contributed by atoms with Crippen molar-refractivity contribution in [3.05, 3.63) is 35.9 Å². The molecule has 1 atom stereocenters. The van der Waals surface area contributed by atoms with E-state index in [-0.39, 0.29) is 5.92 Å². The highest BCUT2D eigenvalue weighted by atomic mass is 32.1. The molecule has 0 aliphatic carbocycles. The fraction of sp³-hybridized carbons (Fsp3) is 0.500. The molecule has 1 unspecified atom stereocenters. The van der Waals surface area contributed by atoms with Crippen LogP contribution in [0.5, 0.6) is 0 Å². The number of likely N-dealkylation sites (N-methyl/N-ethyl adjacent to an activating group) is 1. The maximum absolute atomic E-state index is 5.85. The van der Waals surface area contributed by atoms with Crippen molar-refractivity contribution < 1.29 is 4.74 Å². The largest absolute Gasteiger partial charge is 0.393 e. The minimum Gasteiger partial charge on any atom is -0.393 e. The van der Waals surface area contributed by atoms with E-state index in [0.29, 0.717) is 4.99 Å². The zero-order valence-corrected chi connectivity index (χ0v) is 12.0. The molecule has 0 amide bonds. The Balaban J connectivity index is 2.56. The van der Waals surface area contributed by atoms with Gasteiger partial charge >= 0.3 is 0 Å². The number of benzene rings is 1. The molecule has 0 aliphatic heterocycles. The van der Waals surface area contributed by atoms with E-state index >= 15 is 0 Å². The van der Waals surface area contributed by atoms with Gasteiger partial charge in [0.05, 0.1) is 11.6 Å². The Bertz CT molecular complexity index is 356. The Morgan fingerprint density at radius 3 is 2.61 bits per heavy atom. The second kappa shape index (κ2) is 8.19. The molecule has 0 saturated heterocycles. The van der Waals surface area contributed by atoms with E-state index in [9.17, 15) is 0 Å². The molecule has 0 radical (unpaired) electrons. The van der Waals surface area contributed by atoms with Gasteiger partial charge in [-0.05, 0) is 19.5 Å². The maximum atomic E-state index is 5.85. The molecule has 0 bridgehead atoms. The van der Waals surface area contributed by atoms with Crippen LogP contribution < -0.4 is 5.73 Å². The van der Waals surface area contributed by atoms with Crippen molar-refractivity contribution in [3.63, 3.8) is 0 Å². The molecular weight excluding hydrogens is 244 g/mol. The number of nitrogens with two attached hydrogens (primary N) is 1. The second-order valence-electron chi connectivity index (χ2n) is 4.32. The van der Waals surface area contributed by atoms with Crippen LogP contribution in [0, 0.1) is 0 Å². The average molecular weight is 266 g/mol. The van der Waals surface area contributed by atoms with Crippen LogP contribution in [0.25, 0.3) is 0 Å². The topological polar surface area (TPSA) is 38.5 Å². The summed E-state index contributed by atoms with van der Waals surface area (Å²) in [6.45, 7) is 5.21. The SMILES string of the molecule is CCOCCN(C)CC(C(N)=S)c1ccccc1. The molecule has 1 aromatic carbocycles. The van der Waals surface area contributed by atoms with E-state index in [1.807, 2.05) is 25.1 Å². The molecule has 0 spiro atoms. The Morgan fingerprint density at radius 1 is 1.39 bits per heavy atom. The number of nitrogens with zero attached hydrogens (tertiary/aromatic N) is 1. The summed E-state index contributed by atoms with van der Waals surface area (Å²) in [5.41, 5.74) is 7.02. The Kier molecular flexibility index (Phi) is 6.86. The molecule has 100 valence electrons. The number of hydrogen-bond acceptors (Lipinski definition) is 3. The minimum atomic E-state index is 0.104. The van der Waals surface area contributed by atoms with Crippen molar-refractivity contribution in [1.82, 2.24) is 4.90 Å². The summed E-state index contributed by atoms with van der Waals surface area (Å²) in [6.07, 6.45) is 0. The van der Waals surface area contributed by atoms with E-state index in [1.165, 1.54) is 5.56 Å². The number of thiocarbonyl (C=S) groups is 1. The Labute approximate surface area is 115 Å². The van der Waals surface area contributed by atoms with Crippen molar-refractivity contribution in [1.29, 1.82) is 0 Å². The summed E-state index contributed by atoms with van der Waals surface area (Å²) < 4.78 is 5.35. The summed E-state index contributed by atoms with van der Waals surface area (Å²) in [7, 11) is 2.06. The molecule has 18 heavy (non-hydrogen) atoms. The third kappa shape index (κ3) is 5.12. The van der Waals surface area contributed by atoms with Crippen LogP contribution in [0.4, 0.5) is 0 Å². The number of hydrogen-bond donors (Lipinski definition) is 1. The lowest BCUT2D eigenvalue weighted by Crippen LogP contribution is -2.33. The van der Waals surface area contributed by atoms with Gasteiger partial charge in [-0.1, -0.05) is 42.5 Å². The fourth-order valence-electron chi connectivity index (χ4n) is 1.81. The molecule has 0 aliphatic rings. The molecular formula is C14H22N2OS. The molecule has 1 rings (SSSR count). The van der Waals surface area contributed by atoms with Gasteiger partial charge in [0, 0.05) is 25.6 Å². The summed E-state index contributed by atoms with van der Waals surface area (Å²) in [4.78, 5) is 2.75. The number of rotatable bonds is 8. The first kappa shape index (κ1) is 15.1. The van der Waals surface area contributed by atoms with Crippen molar-refractivity contribution in [2.24, 2.45) is 5.73 Å². The van der Waals surface area contributed by atoms with Crippen LogP contribution in [-0.4, -0.2) is 43.2 Å². The maximum Gasteiger partial charge on any atom is 0.0816 e. The van der Waals surface area contributed by atoms with E-state index in [0.717, 1.165) is 26.3 Å². The quantitative estimate of drug-likeness (QED) is 0.577. The highest BCUT2D eigenvalue weighted by Crippen LogP contribution is 2.16. The van der Waals surface area contributed by atoms with Gasteiger partial charge in [-0.2, -0.15) is 0 Å². The predicted molar refractivity (Wildman–Crippen MR) is 80.0 cm³/mol.